The molecule has 3 rings (SSSR count). The fraction of sp³-hybridized carbons (Fsp3) is 0.278. The molecule has 9 heteroatoms. The van der Waals surface area contributed by atoms with Gasteiger partial charge in [-0.2, -0.15) is 0 Å². The maximum absolute atomic E-state index is 12.1. The van der Waals surface area contributed by atoms with Gasteiger partial charge >= 0.3 is 12.0 Å². The van der Waals surface area contributed by atoms with Crippen LogP contribution in [0.4, 0.5) is 4.79 Å². The zero-order chi connectivity index (χ0) is 19.2. The number of benzene rings is 1. The normalized spacial score (nSPS) is 15.2. The Kier molecular flexibility index (Phi) is 5.97. The second-order valence-electron chi connectivity index (χ2n) is 5.88. The van der Waals surface area contributed by atoms with Crippen molar-refractivity contribution in [1.82, 2.24) is 10.6 Å². The van der Waals surface area contributed by atoms with Gasteiger partial charge in [0.2, 0.25) is 0 Å². The van der Waals surface area contributed by atoms with Crippen LogP contribution in [0.3, 0.4) is 0 Å². The molecule has 0 saturated heterocycles. The van der Waals surface area contributed by atoms with Crippen molar-refractivity contribution in [3.8, 4) is 5.75 Å². The van der Waals surface area contributed by atoms with Crippen molar-refractivity contribution in [3.63, 3.8) is 0 Å². The van der Waals surface area contributed by atoms with Crippen LogP contribution in [0.5, 0.6) is 5.75 Å². The Balaban J connectivity index is 1.41. The number of carbonyl (C=O) groups excluding carboxylic acids is 3. The number of esters is 1. The lowest BCUT2D eigenvalue weighted by Crippen LogP contribution is -2.41. The molecule has 0 spiro atoms. The highest BCUT2D eigenvalue weighted by Gasteiger charge is 2.28. The Morgan fingerprint density at radius 3 is 2.89 bits per heavy atom. The molecule has 1 aliphatic rings. The first kappa shape index (κ1) is 18.8. The van der Waals surface area contributed by atoms with Crippen molar-refractivity contribution in [2.45, 2.75) is 13.0 Å². The van der Waals surface area contributed by atoms with Crippen molar-refractivity contribution in [3.05, 3.63) is 52.9 Å². The van der Waals surface area contributed by atoms with Crippen molar-refractivity contribution in [2.24, 2.45) is 5.92 Å². The molecule has 8 nitrogen and oxygen atoms in total. The molecule has 0 aliphatic carbocycles. The predicted molar refractivity (Wildman–Crippen MR) is 94.2 cm³/mol. The van der Waals surface area contributed by atoms with Crippen LogP contribution in [0.15, 0.2) is 41.0 Å². The largest absolute Gasteiger partial charge is 0.492 e. The standard InChI is InChI=1S/C18H17ClN2O6/c19-13-3-4-15-11(7-13)6-12(9-26-15)17(23)27-10-16(22)21-18(24)20-8-14-2-1-5-25-14/h1-5,7,12H,6,8-10H2,(H2,20,21,22,24)/t12-/m0/s1. The molecule has 2 aromatic rings. The molecule has 1 atom stereocenters. The maximum atomic E-state index is 12.1. The van der Waals surface area contributed by atoms with Gasteiger partial charge < -0.3 is 19.2 Å². The minimum absolute atomic E-state index is 0.132. The summed E-state index contributed by atoms with van der Waals surface area (Å²) < 4.78 is 15.5. The number of fused-ring (bicyclic) bond motifs is 1. The molecule has 1 aromatic carbocycles. The molecule has 0 radical (unpaired) electrons. The summed E-state index contributed by atoms with van der Waals surface area (Å²) in [5.41, 5.74) is 0.803. The fourth-order valence-electron chi connectivity index (χ4n) is 2.56. The van der Waals surface area contributed by atoms with E-state index in [9.17, 15) is 14.4 Å². The molecular weight excluding hydrogens is 376 g/mol. The van der Waals surface area contributed by atoms with Gasteiger partial charge in [-0.1, -0.05) is 11.6 Å². The topological polar surface area (TPSA) is 107 Å². The van der Waals surface area contributed by atoms with Crippen molar-refractivity contribution in [2.75, 3.05) is 13.2 Å². The first-order chi connectivity index (χ1) is 13.0. The van der Waals surface area contributed by atoms with Crippen LogP contribution >= 0.6 is 11.6 Å². The van der Waals surface area contributed by atoms with Gasteiger partial charge in [0.05, 0.1) is 18.7 Å². The van der Waals surface area contributed by atoms with Crippen molar-refractivity contribution in [1.29, 1.82) is 0 Å². The zero-order valence-corrected chi connectivity index (χ0v) is 15.0. The van der Waals surface area contributed by atoms with Crippen molar-refractivity contribution >= 4 is 29.5 Å². The monoisotopic (exact) mass is 392 g/mol. The molecule has 0 fully saturated rings. The second-order valence-corrected chi connectivity index (χ2v) is 6.32. The SMILES string of the molecule is O=C(COC(=O)[C@@H]1COc2ccc(Cl)cc2C1)NC(=O)NCc1ccco1. The number of nitrogens with one attached hydrogen (secondary N) is 2. The Bertz CT molecular complexity index is 836. The number of rotatable bonds is 5. The molecule has 142 valence electrons. The van der Waals surface area contributed by atoms with Gasteiger partial charge in [0.1, 0.15) is 18.1 Å². The van der Waals surface area contributed by atoms with Crippen LogP contribution in [-0.2, 0) is 27.3 Å². The van der Waals surface area contributed by atoms with E-state index in [4.69, 9.17) is 25.5 Å². The summed E-state index contributed by atoms with van der Waals surface area (Å²) in [4.78, 5) is 35.5. The number of carbonyl (C=O) groups is 3. The van der Waals surface area contributed by atoms with E-state index >= 15 is 0 Å². The summed E-state index contributed by atoms with van der Waals surface area (Å²) in [7, 11) is 0. The number of hydrogen-bond donors (Lipinski definition) is 2. The van der Waals surface area contributed by atoms with E-state index in [1.807, 2.05) is 0 Å². The van der Waals surface area contributed by atoms with Gasteiger partial charge in [0.25, 0.3) is 5.91 Å². The van der Waals surface area contributed by atoms with Gasteiger partial charge in [0, 0.05) is 5.02 Å². The van der Waals surface area contributed by atoms with Gasteiger partial charge in [0.15, 0.2) is 6.61 Å². The van der Waals surface area contributed by atoms with E-state index in [1.54, 1.807) is 30.3 Å². The van der Waals surface area contributed by atoms with E-state index in [0.717, 1.165) is 5.56 Å². The lowest BCUT2D eigenvalue weighted by Gasteiger charge is -2.24. The quantitative estimate of drug-likeness (QED) is 0.754. The molecule has 0 saturated carbocycles. The zero-order valence-electron chi connectivity index (χ0n) is 14.2. The average molecular weight is 393 g/mol. The third kappa shape index (κ3) is 5.24. The van der Waals surface area contributed by atoms with Crippen LogP contribution in [0, 0.1) is 5.92 Å². The number of amides is 3. The lowest BCUT2D eigenvalue weighted by atomic mass is 9.97. The van der Waals surface area contributed by atoms with Crippen molar-refractivity contribution < 1.29 is 28.3 Å². The highest BCUT2D eigenvalue weighted by Crippen LogP contribution is 2.30. The first-order valence-electron chi connectivity index (χ1n) is 8.19. The Morgan fingerprint density at radius 1 is 1.26 bits per heavy atom. The van der Waals surface area contributed by atoms with E-state index in [2.05, 4.69) is 10.6 Å². The molecule has 1 aromatic heterocycles. The fourth-order valence-corrected chi connectivity index (χ4v) is 2.75. The van der Waals surface area contributed by atoms with E-state index in [0.29, 0.717) is 23.0 Å². The highest BCUT2D eigenvalue weighted by molar-refractivity contribution is 6.30. The van der Waals surface area contributed by atoms with Gasteiger partial charge in [-0.05, 0) is 42.3 Å². The smallest absolute Gasteiger partial charge is 0.321 e. The molecule has 3 amide bonds. The summed E-state index contributed by atoms with van der Waals surface area (Å²) in [6, 6.07) is 7.83. The maximum Gasteiger partial charge on any atom is 0.321 e. The van der Waals surface area contributed by atoms with E-state index in [1.165, 1.54) is 6.26 Å². The van der Waals surface area contributed by atoms with E-state index < -0.39 is 30.4 Å². The third-order valence-electron chi connectivity index (χ3n) is 3.86. The summed E-state index contributed by atoms with van der Waals surface area (Å²) in [5.74, 6) is -0.639. The number of imide groups is 1. The third-order valence-corrected chi connectivity index (χ3v) is 4.10. The van der Waals surface area contributed by atoms with Crippen LogP contribution in [0.2, 0.25) is 5.02 Å². The van der Waals surface area contributed by atoms with Gasteiger partial charge in [-0.15, -0.1) is 0 Å². The molecule has 1 aliphatic heterocycles. The minimum Gasteiger partial charge on any atom is -0.492 e. The number of urea groups is 1. The van der Waals surface area contributed by atoms with Crippen LogP contribution in [-0.4, -0.2) is 31.1 Å². The molecule has 0 unspecified atom stereocenters. The van der Waals surface area contributed by atoms with E-state index in [-0.39, 0.29) is 13.2 Å². The second kappa shape index (κ2) is 8.59. The Morgan fingerprint density at radius 2 is 2.11 bits per heavy atom. The molecular formula is C18H17ClN2O6. The van der Waals surface area contributed by atoms with Crippen LogP contribution < -0.4 is 15.4 Å². The molecule has 2 heterocycles. The summed E-state index contributed by atoms with van der Waals surface area (Å²) in [5, 5.41) is 5.06. The summed E-state index contributed by atoms with van der Waals surface area (Å²) in [6.07, 6.45) is 1.88. The number of ether oxygens (including phenoxy) is 2. The minimum atomic E-state index is -0.736. The van der Waals surface area contributed by atoms with Gasteiger partial charge in [-0.25, -0.2) is 4.79 Å². The Hall–Kier alpha value is -3.00. The van der Waals surface area contributed by atoms with Crippen LogP contribution in [0.25, 0.3) is 0 Å². The van der Waals surface area contributed by atoms with Gasteiger partial charge in [-0.3, -0.25) is 14.9 Å². The molecule has 2 N–H and O–H groups in total. The summed E-state index contributed by atoms with van der Waals surface area (Å²) in [6.45, 7) is -0.280. The average Bonchev–Trinajstić information content (AvgIpc) is 3.17. The Labute approximate surface area is 159 Å². The molecule has 0 bridgehead atoms. The first-order valence-corrected chi connectivity index (χ1v) is 8.57. The number of halogens is 1. The highest BCUT2D eigenvalue weighted by atomic mass is 35.5. The predicted octanol–water partition coefficient (Wildman–Crippen LogP) is 2.05. The summed E-state index contributed by atoms with van der Waals surface area (Å²) >= 11 is 5.94. The molecule has 27 heavy (non-hydrogen) atoms. The number of furan rings is 1. The lowest BCUT2D eigenvalue weighted by molar-refractivity contribution is -0.153. The van der Waals surface area contributed by atoms with Crippen LogP contribution in [0.1, 0.15) is 11.3 Å². The number of hydrogen-bond acceptors (Lipinski definition) is 6.